The lowest BCUT2D eigenvalue weighted by molar-refractivity contribution is 0.283. The molecule has 0 N–H and O–H groups in total. The van der Waals surface area contributed by atoms with E-state index in [1.807, 2.05) is 6.20 Å². The Morgan fingerprint density at radius 2 is 1.93 bits per heavy atom. The van der Waals surface area contributed by atoms with Gasteiger partial charge < -0.3 is 14.2 Å². The molecule has 2 aliphatic rings. The van der Waals surface area contributed by atoms with Crippen LogP contribution in [0, 0.1) is 17.8 Å². The summed E-state index contributed by atoms with van der Waals surface area (Å²) in [7, 11) is 0. The zero-order chi connectivity index (χ0) is 19.0. The molecule has 2 fully saturated rings. The number of unbranched alkanes of at least 4 members (excludes halogenated alkanes) is 1. The van der Waals surface area contributed by atoms with Crippen LogP contribution in [0.3, 0.4) is 0 Å². The van der Waals surface area contributed by atoms with Crippen molar-refractivity contribution in [3.05, 3.63) is 56.9 Å². The molecule has 1 aromatic heterocycles. The standard InChI is InChI=1S/C21H24Cl2N2O2/c1-2-3-7-24-8-6-15(10-21(24)26)25-11-16-17(12-25)18(16)13-27-20-9-14(22)4-5-19(20)23/h4-6,8-10,16-18H,2-3,7,11-13H2,1H3/t16-,17+,18?. The van der Waals surface area contributed by atoms with Gasteiger partial charge in [-0.15, -0.1) is 0 Å². The highest BCUT2D eigenvalue weighted by atomic mass is 35.5. The summed E-state index contributed by atoms with van der Waals surface area (Å²) in [5.74, 6) is 2.47. The van der Waals surface area contributed by atoms with E-state index in [0.29, 0.717) is 40.2 Å². The Balaban J connectivity index is 1.31. The molecule has 2 aromatic rings. The Kier molecular flexibility index (Phi) is 5.38. The van der Waals surface area contributed by atoms with Crippen molar-refractivity contribution in [3.8, 4) is 5.75 Å². The number of aryl methyl sites for hydroxylation is 1. The highest BCUT2D eigenvalue weighted by molar-refractivity contribution is 6.34. The van der Waals surface area contributed by atoms with E-state index in [4.69, 9.17) is 27.9 Å². The Hall–Kier alpha value is -1.65. The maximum atomic E-state index is 12.3. The Bertz CT molecular complexity index is 871. The lowest BCUT2D eigenvalue weighted by atomic mass is 10.2. The molecule has 4 nitrogen and oxygen atoms in total. The highest BCUT2D eigenvalue weighted by Gasteiger charge is 2.56. The molecule has 0 spiro atoms. The van der Waals surface area contributed by atoms with Crippen LogP contribution < -0.4 is 15.2 Å². The monoisotopic (exact) mass is 406 g/mol. The van der Waals surface area contributed by atoms with E-state index in [-0.39, 0.29) is 5.56 Å². The maximum Gasteiger partial charge on any atom is 0.252 e. The summed E-state index contributed by atoms with van der Waals surface area (Å²) in [5.41, 5.74) is 1.13. The molecule has 2 heterocycles. The highest BCUT2D eigenvalue weighted by Crippen LogP contribution is 2.52. The van der Waals surface area contributed by atoms with Gasteiger partial charge in [0.2, 0.25) is 0 Å². The first-order chi connectivity index (χ1) is 13.1. The van der Waals surface area contributed by atoms with Crippen molar-refractivity contribution < 1.29 is 4.74 Å². The van der Waals surface area contributed by atoms with Gasteiger partial charge in [0.05, 0.1) is 11.6 Å². The van der Waals surface area contributed by atoms with Gasteiger partial charge in [0.25, 0.3) is 5.56 Å². The summed E-state index contributed by atoms with van der Waals surface area (Å²) in [6, 6.07) is 9.13. The second-order valence-electron chi connectivity index (χ2n) is 7.55. The van der Waals surface area contributed by atoms with E-state index in [9.17, 15) is 4.79 Å². The Labute approximate surface area is 169 Å². The van der Waals surface area contributed by atoms with Crippen LogP contribution in [0.25, 0.3) is 0 Å². The van der Waals surface area contributed by atoms with E-state index in [2.05, 4.69) is 17.9 Å². The third kappa shape index (κ3) is 3.97. The average Bonchev–Trinajstić information content (AvgIpc) is 3.10. The molecule has 1 saturated carbocycles. The lowest BCUT2D eigenvalue weighted by Gasteiger charge is -2.22. The summed E-state index contributed by atoms with van der Waals surface area (Å²) in [6.07, 6.45) is 4.05. The first-order valence-electron chi connectivity index (χ1n) is 9.60. The molecule has 6 heteroatoms. The van der Waals surface area contributed by atoms with Gasteiger partial charge in [-0.25, -0.2) is 0 Å². The third-order valence-electron chi connectivity index (χ3n) is 5.79. The van der Waals surface area contributed by atoms with Crippen molar-refractivity contribution in [2.45, 2.75) is 26.3 Å². The van der Waals surface area contributed by atoms with E-state index in [1.165, 1.54) is 0 Å². The second-order valence-corrected chi connectivity index (χ2v) is 8.40. The fourth-order valence-corrected chi connectivity index (χ4v) is 4.42. The number of ether oxygens (including phenoxy) is 1. The van der Waals surface area contributed by atoms with E-state index in [1.54, 1.807) is 28.8 Å². The zero-order valence-corrected chi connectivity index (χ0v) is 16.9. The van der Waals surface area contributed by atoms with Crippen molar-refractivity contribution in [1.29, 1.82) is 0 Å². The normalized spacial score (nSPS) is 23.4. The van der Waals surface area contributed by atoms with Crippen LogP contribution in [-0.4, -0.2) is 24.3 Å². The van der Waals surface area contributed by atoms with Crippen LogP contribution in [0.1, 0.15) is 19.8 Å². The number of fused-ring (bicyclic) bond motifs is 1. The average molecular weight is 407 g/mol. The van der Waals surface area contributed by atoms with Crippen molar-refractivity contribution in [2.75, 3.05) is 24.6 Å². The molecule has 144 valence electrons. The van der Waals surface area contributed by atoms with Crippen molar-refractivity contribution >= 4 is 28.9 Å². The summed E-state index contributed by atoms with van der Waals surface area (Å²) in [6.45, 7) is 5.57. The van der Waals surface area contributed by atoms with Crippen LogP contribution in [0.2, 0.25) is 10.0 Å². The van der Waals surface area contributed by atoms with Gasteiger partial charge >= 0.3 is 0 Å². The molecule has 27 heavy (non-hydrogen) atoms. The maximum absolute atomic E-state index is 12.3. The molecule has 1 aromatic carbocycles. The number of hydrogen-bond acceptors (Lipinski definition) is 3. The lowest BCUT2D eigenvalue weighted by Crippen LogP contribution is -2.28. The van der Waals surface area contributed by atoms with Gasteiger partial charge in [-0.3, -0.25) is 4.79 Å². The smallest absolute Gasteiger partial charge is 0.252 e. The number of piperidine rings is 1. The van der Waals surface area contributed by atoms with Gasteiger partial charge in [-0.2, -0.15) is 0 Å². The SMILES string of the molecule is CCCCn1ccc(N2C[C@@H]3C(COc4cc(Cl)ccc4Cl)[C@@H]3C2)cc1=O. The number of nitrogens with zero attached hydrogens (tertiary/aromatic N) is 2. The first-order valence-corrected chi connectivity index (χ1v) is 10.4. The van der Waals surface area contributed by atoms with Crippen molar-refractivity contribution in [3.63, 3.8) is 0 Å². The molecule has 1 unspecified atom stereocenters. The molecule has 0 bridgehead atoms. The molecular formula is C21H24Cl2N2O2. The number of anilines is 1. The minimum Gasteiger partial charge on any atom is -0.492 e. The molecule has 1 aliphatic carbocycles. The number of benzene rings is 1. The predicted octanol–water partition coefficient (Wildman–Crippen LogP) is 4.72. The number of halogens is 2. The molecule has 0 amide bonds. The van der Waals surface area contributed by atoms with Crippen LogP contribution in [0.5, 0.6) is 5.75 Å². The van der Waals surface area contributed by atoms with Crippen LogP contribution >= 0.6 is 23.2 Å². The van der Waals surface area contributed by atoms with Crippen LogP contribution in [-0.2, 0) is 6.54 Å². The number of pyridine rings is 1. The number of aromatic nitrogens is 1. The quantitative estimate of drug-likeness (QED) is 0.667. The Morgan fingerprint density at radius 3 is 2.63 bits per heavy atom. The van der Waals surface area contributed by atoms with E-state index < -0.39 is 0 Å². The number of hydrogen-bond donors (Lipinski definition) is 0. The largest absolute Gasteiger partial charge is 0.492 e. The number of rotatable bonds is 7. The van der Waals surface area contributed by atoms with Gasteiger partial charge in [-0.05, 0) is 36.5 Å². The zero-order valence-electron chi connectivity index (χ0n) is 15.4. The van der Waals surface area contributed by atoms with Gasteiger partial charge in [-0.1, -0.05) is 36.5 Å². The van der Waals surface area contributed by atoms with E-state index >= 15 is 0 Å². The summed E-state index contributed by atoms with van der Waals surface area (Å²) < 4.78 is 7.70. The minimum atomic E-state index is 0.0944. The second kappa shape index (κ2) is 7.76. The fraction of sp³-hybridized carbons (Fsp3) is 0.476. The Morgan fingerprint density at radius 1 is 1.15 bits per heavy atom. The third-order valence-corrected chi connectivity index (χ3v) is 6.34. The fourth-order valence-electron chi connectivity index (χ4n) is 4.09. The van der Waals surface area contributed by atoms with Crippen molar-refractivity contribution in [2.24, 2.45) is 17.8 Å². The van der Waals surface area contributed by atoms with Crippen LogP contribution in [0.15, 0.2) is 41.3 Å². The molecular weight excluding hydrogens is 383 g/mol. The molecule has 4 rings (SSSR count). The van der Waals surface area contributed by atoms with Crippen molar-refractivity contribution in [1.82, 2.24) is 4.57 Å². The van der Waals surface area contributed by atoms with Gasteiger partial charge in [0.1, 0.15) is 5.75 Å². The summed E-state index contributed by atoms with van der Waals surface area (Å²) in [5, 5.41) is 1.22. The molecule has 0 radical (unpaired) electrons. The minimum absolute atomic E-state index is 0.0944. The van der Waals surface area contributed by atoms with Crippen LogP contribution in [0.4, 0.5) is 5.69 Å². The van der Waals surface area contributed by atoms with Gasteiger partial charge in [0, 0.05) is 54.6 Å². The predicted molar refractivity (Wildman–Crippen MR) is 110 cm³/mol. The summed E-state index contributed by atoms with van der Waals surface area (Å²) >= 11 is 12.2. The molecule has 1 aliphatic heterocycles. The topological polar surface area (TPSA) is 34.5 Å². The van der Waals surface area contributed by atoms with E-state index in [0.717, 1.165) is 38.2 Å². The van der Waals surface area contributed by atoms with Gasteiger partial charge in [0.15, 0.2) is 0 Å². The molecule has 3 atom stereocenters. The molecule has 1 saturated heterocycles. The summed E-state index contributed by atoms with van der Waals surface area (Å²) in [4.78, 5) is 14.6. The first kappa shape index (κ1) is 18.7.